The molecule has 1 aromatic carbocycles. The lowest BCUT2D eigenvalue weighted by molar-refractivity contribution is 0.422. The highest BCUT2D eigenvalue weighted by Gasteiger charge is 2.12. The molecule has 0 aliphatic carbocycles. The quantitative estimate of drug-likeness (QED) is 0.710. The van der Waals surface area contributed by atoms with Gasteiger partial charge in [-0.3, -0.25) is 0 Å². The van der Waals surface area contributed by atoms with Gasteiger partial charge in [0.25, 0.3) is 0 Å². The van der Waals surface area contributed by atoms with E-state index >= 15 is 0 Å². The van der Waals surface area contributed by atoms with Gasteiger partial charge in [-0.25, -0.2) is 0 Å². The summed E-state index contributed by atoms with van der Waals surface area (Å²) in [7, 11) is 0. The Balaban J connectivity index is 2.67. The second-order valence-electron chi connectivity index (χ2n) is 3.99. The van der Waals surface area contributed by atoms with Crippen molar-refractivity contribution in [2.75, 3.05) is 5.88 Å². The summed E-state index contributed by atoms with van der Waals surface area (Å²) in [6.07, 6.45) is 1.07. The van der Waals surface area contributed by atoms with Crippen molar-refractivity contribution in [3.05, 3.63) is 34.3 Å². The van der Waals surface area contributed by atoms with E-state index in [4.69, 9.17) is 11.6 Å². The van der Waals surface area contributed by atoms with E-state index in [1.807, 2.05) is 0 Å². The molecule has 0 nitrogen and oxygen atoms in total. The summed E-state index contributed by atoms with van der Waals surface area (Å²) < 4.78 is 1.15. The molecule has 0 aliphatic rings. The van der Waals surface area contributed by atoms with Crippen molar-refractivity contribution in [1.82, 2.24) is 0 Å². The smallest absolute Gasteiger partial charge is 0.0257 e. The second-order valence-corrected chi connectivity index (χ2v) is 5.22. The Morgan fingerprint density at radius 1 is 1.36 bits per heavy atom. The monoisotopic (exact) mass is 274 g/mol. The minimum Gasteiger partial charge on any atom is -0.126 e. The maximum atomic E-state index is 5.94. The number of alkyl halides is 1. The van der Waals surface area contributed by atoms with Crippen LogP contribution < -0.4 is 0 Å². The molecule has 0 fully saturated rings. The van der Waals surface area contributed by atoms with Crippen LogP contribution in [0.4, 0.5) is 0 Å². The first kappa shape index (κ1) is 12.1. The van der Waals surface area contributed by atoms with Crippen molar-refractivity contribution in [2.45, 2.75) is 20.3 Å². The molecule has 2 heteroatoms. The molecule has 0 aliphatic heterocycles. The Morgan fingerprint density at radius 2 is 2.07 bits per heavy atom. The van der Waals surface area contributed by atoms with Crippen LogP contribution in [0.5, 0.6) is 0 Å². The van der Waals surface area contributed by atoms with Crippen LogP contribution in [0.2, 0.25) is 0 Å². The van der Waals surface area contributed by atoms with Crippen molar-refractivity contribution in [3.63, 3.8) is 0 Å². The number of hydrogen-bond donors (Lipinski definition) is 0. The Morgan fingerprint density at radius 3 is 2.57 bits per heavy atom. The molecule has 0 amide bonds. The van der Waals surface area contributed by atoms with Crippen molar-refractivity contribution < 1.29 is 0 Å². The van der Waals surface area contributed by atoms with Gasteiger partial charge in [0.15, 0.2) is 0 Å². The Bertz CT molecular complexity index is 283. The molecule has 0 heterocycles. The van der Waals surface area contributed by atoms with Crippen LogP contribution in [0.25, 0.3) is 0 Å². The van der Waals surface area contributed by atoms with Crippen LogP contribution in [0.1, 0.15) is 19.4 Å². The van der Waals surface area contributed by atoms with Crippen LogP contribution in [0.15, 0.2) is 28.7 Å². The number of rotatable bonds is 4. The van der Waals surface area contributed by atoms with Crippen LogP contribution in [-0.4, -0.2) is 5.88 Å². The summed E-state index contributed by atoms with van der Waals surface area (Å²) in [6, 6.07) is 8.45. The zero-order valence-corrected chi connectivity index (χ0v) is 11.0. The van der Waals surface area contributed by atoms with E-state index in [0.717, 1.165) is 16.8 Å². The van der Waals surface area contributed by atoms with Gasteiger partial charge in [0.2, 0.25) is 0 Å². The van der Waals surface area contributed by atoms with E-state index in [0.29, 0.717) is 11.8 Å². The van der Waals surface area contributed by atoms with Gasteiger partial charge in [-0.05, 0) is 36.0 Å². The summed E-state index contributed by atoms with van der Waals surface area (Å²) in [6.45, 7) is 4.45. The van der Waals surface area contributed by atoms with Gasteiger partial charge in [-0.2, -0.15) is 0 Å². The molecule has 0 N–H and O–H groups in total. The van der Waals surface area contributed by atoms with Gasteiger partial charge < -0.3 is 0 Å². The lowest BCUT2D eigenvalue weighted by Crippen LogP contribution is -2.13. The molecule has 78 valence electrons. The third-order valence-corrected chi connectivity index (χ3v) is 3.42. The SMILES string of the molecule is CC(C)C(CCl)Cc1cccc(Br)c1. The van der Waals surface area contributed by atoms with E-state index in [2.05, 4.69) is 54.0 Å². The second kappa shape index (κ2) is 5.77. The normalized spacial score (nSPS) is 13.2. The van der Waals surface area contributed by atoms with Crippen molar-refractivity contribution in [3.8, 4) is 0 Å². The van der Waals surface area contributed by atoms with Crippen LogP contribution in [0.3, 0.4) is 0 Å². The summed E-state index contributed by atoms with van der Waals surface area (Å²) in [5, 5.41) is 0. The van der Waals surface area contributed by atoms with Gasteiger partial charge in [-0.1, -0.05) is 41.9 Å². The summed E-state index contributed by atoms with van der Waals surface area (Å²) >= 11 is 9.42. The molecule has 1 unspecified atom stereocenters. The molecule has 14 heavy (non-hydrogen) atoms. The maximum absolute atomic E-state index is 5.94. The van der Waals surface area contributed by atoms with Crippen molar-refractivity contribution in [2.24, 2.45) is 11.8 Å². The standard InChI is InChI=1S/C12H16BrCl/c1-9(2)11(8-14)6-10-4-3-5-12(13)7-10/h3-5,7,9,11H,6,8H2,1-2H3. The Kier molecular flexibility index (Phi) is 4.97. The topological polar surface area (TPSA) is 0 Å². The van der Waals surface area contributed by atoms with Crippen LogP contribution in [-0.2, 0) is 6.42 Å². The third-order valence-electron chi connectivity index (χ3n) is 2.53. The average Bonchev–Trinajstić information content (AvgIpc) is 2.14. The molecule has 0 saturated heterocycles. The highest BCUT2D eigenvalue weighted by Crippen LogP contribution is 2.20. The molecule has 0 saturated carbocycles. The molecular weight excluding hydrogens is 259 g/mol. The molecule has 0 aromatic heterocycles. The maximum Gasteiger partial charge on any atom is 0.0257 e. The molecular formula is C12H16BrCl. The molecule has 0 bridgehead atoms. The largest absolute Gasteiger partial charge is 0.126 e. The number of benzene rings is 1. The van der Waals surface area contributed by atoms with Crippen LogP contribution >= 0.6 is 27.5 Å². The predicted octanol–water partition coefficient (Wildman–Crippen LogP) is 4.50. The zero-order chi connectivity index (χ0) is 10.6. The van der Waals surface area contributed by atoms with Crippen molar-refractivity contribution in [1.29, 1.82) is 0 Å². The Labute approximate surface area is 99.8 Å². The van der Waals surface area contributed by atoms with E-state index in [1.165, 1.54) is 5.56 Å². The van der Waals surface area contributed by atoms with E-state index < -0.39 is 0 Å². The summed E-state index contributed by atoms with van der Waals surface area (Å²) in [5.74, 6) is 1.96. The first-order chi connectivity index (χ1) is 6.63. The average molecular weight is 276 g/mol. The molecule has 1 aromatic rings. The fraction of sp³-hybridized carbons (Fsp3) is 0.500. The van der Waals surface area contributed by atoms with E-state index in [-0.39, 0.29) is 0 Å². The molecule has 1 atom stereocenters. The molecule has 0 spiro atoms. The fourth-order valence-electron chi connectivity index (χ4n) is 1.44. The van der Waals surface area contributed by atoms with E-state index in [9.17, 15) is 0 Å². The van der Waals surface area contributed by atoms with Gasteiger partial charge in [-0.15, -0.1) is 11.6 Å². The summed E-state index contributed by atoms with van der Waals surface area (Å²) in [4.78, 5) is 0. The highest BCUT2D eigenvalue weighted by atomic mass is 79.9. The van der Waals surface area contributed by atoms with Crippen molar-refractivity contribution >= 4 is 27.5 Å². The minimum atomic E-state index is 0.575. The predicted molar refractivity (Wildman–Crippen MR) is 66.9 cm³/mol. The number of halogens is 2. The molecule has 1 rings (SSSR count). The fourth-order valence-corrected chi connectivity index (χ4v) is 2.35. The first-order valence-corrected chi connectivity index (χ1v) is 6.26. The zero-order valence-electron chi connectivity index (χ0n) is 8.63. The first-order valence-electron chi connectivity index (χ1n) is 4.94. The summed E-state index contributed by atoms with van der Waals surface area (Å²) in [5.41, 5.74) is 1.36. The van der Waals surface area contributed by atoms with E-state index in [1.54, 1.807) is 0 Å². The van der Waals surface area contributed by atoms with Gasteiger partial charge in [0, 0.05) is 10.4 Å². The van der Waals surface area contributed by atoms with Gasteiger partial charge in [0.1, 0.15) is 0 Å². The van der Waals surface area contributed by atoms with Crippen LogP contribution in [0, 0.1) is 11.8 Å². The minimum absolute atomic E-state index is 0.575. The van der Waals surface area contributed by atoms with Gasteiger partial charge in [0.05, 0.1) is 0 Å². The Hall–Kier alpha value is -0.0100. The lowest BCUT2D eigenvalue weighted by Gasteiger charge is -2.17. The lowest BCUT2D eigenvalue weighted by atomic mass is 9.91. The van der Waals surface area contributed by atoms with Gasteiger partial charge >= 0.3 is 0 Å². The molecule has 0 radical (unpaired) electrons. The third kappa shape index (κ3) is 3.62. The number of hydrogen-bond acceptors (Lipinski definition) is 0. The highest BCUT2D eigenvalue weighted by molar-refractivity contribution is 9.10.